The van der Waals surface area contributed by atoms with Gasteiger partial charge in [-0.05, 0) is 42.0 Å². The molecule has 3 aromatic rings. The molecule has 1 aromatic carbocycles. The quantitative estimate of drug-likeness (QED) is 0.633. The molecule has 2 aromatic heterocycles. The van der Waals surface area contributed by atoms with Crippen LogP contribution in [0.25, 0.3) is 12.2 Å². The van der Waals surface area contributed by atoms with Crippen LogP contribution in [0.15, 0.2) is 64.3 Å². The van der Waals surface area contributed by atoms with Crippen molar-refractivity contribution in [3.8, 4) is 11.5 Å². The van der Waals surface area contributed by atoms with Gasteiger partial charge >= 0.3 is 0 Å². The van der Waals surface area contributed by atoms with Crippen LogP contribution in [0.5, 0.6) is 11.5 Å². The van der Waals surface area contributed by atoms with Crippen LogP contribution in [-0.2, 0) is 0 Å². The Morgan fingerprint density at radius 2 is 1.96 bits per heavy atom. The molecule has 24 heavy (non-hydrogen) atoms. The first-order chi connectivity index (χ1) is 11.6. The summed E-state index contributed by atoms with van der Waals surface area (Å²) >= 11 is 11.8. The lowest BCUT2D eigenvalue weighted by atomic mass is 10.2. The van der Waals surface area contributed by atoms with E-state index in [1.807, 2.05) is 12.1 Å². The van der Waals surface area contributed by atoms with Crippen LogP contribution >= 0.6 is 23.2 Å². The molecule has 0 radical (unpaired) electrons. The summed E-state index contributed by atoms with van der Waals surface area (Å²) < 4.78 is 10.9. The number of rotatable bonds is 4. The minimum absolute atomic E-state index is 0.0396. The molecule has 0 bridgehead atoms. The third kappa shape index (κ3) is 4.04. The second kappa shape index (κ2) is 7.34. The lowest BCUT2D eigenvalue weighted by molar-refractivity contribution is 0.436. The van der Waals surface area contributed by atoms with Crippen molar-refractivity contribution in [2.45, 2.75) is 0 Å². The number of pyridine rings is 1. The van der Waals surface area contributed by atoms with Crippen molar-refractivity contribution >= 4 is 35.4 Å². The standard InChI is InChI=1S/C18H11Cl2NO3/c19-13-4-6-17(15(20)8-13)24-18-11-23-14(9-16(18)22)5-3-12-2-1-7-21-10-12/h1-11H/b5-3+. The minimum Gasteiger partial charge on any atom is -0.461 e. The minimum atomic E-state index is -0.321. The molecule has 0 atom stereocenters. The maximum Gasteiger partial charge on any atom is 0.227 e. The summed E-state index contributed by atoms with van der Waals surface area (Å²) in [6.45, 7) is 0. The van der Waals surface area contributed by atoms with E-state index in [9.17, 15) is 4.79 Å². The molecule has 0 saturated heterocycles. The molecule has 0 saturated carbocycles. The third-order valence-electron chi connectivity index (χ3n) is 3.06. The zero-order valence-electron chi connectivity index (χ0n) is 12.3. The number of aromatic nitrogens is 1. The molecule has 0 spiro atoms. The number of ether oxygens (including phenoxy) is 1. The summed E-state index contributed by atoms with van der Waals surface area (Å²) in [7, 11) is 0. The first-order valence-electron chi connectivity index (χ1n) is 6.96. The average molecular weight is 360 g/mol. The summed E-state index contributed by atoms with van der Waals surface area (Å²) in [6, 6.07) is 9.79. The first kappa shape index (κ1) is 16.3. The zero-order valence-corrected chi connectivity index (χ0v) is 13.8. The maximum atomic E-state index is 12.1. The zero-order chi connectivity index (χ0) is 16.9. The molecular weight excluding hydrogens is 349 g/mol. The summed E-state index contributed by atoms with van der Waals surface area (Å²) in [5.41, 5.74) is 0.575. The second-order valence-electron chi connectivity index (χ2n) is 4.81. The molecule has 0 aliphatic rings. The molecular formula is C18H11Cl2NO3. The number of benzene rings is 1. The van der Waals surface area contributed by atoms with Crippen molar-refractivity contribution < 1.29 is 9.15 Å². The van der Waals surface area contributed by atoms with E-state index in [4.69, 9.17) is 32.4 Å². The van der Waals surface area contributed by atoms with E-state index in [1.54, 1.807) is 36.7 Å². The van der Waals surface area contributed by atoms with E-state index in [2.05, 4.69) is 4.98 Å². The normalized spacial score (nSPS) is 10.9. The average Bonchev–Trinajstić information content (AvgIpc) is 2.58. The van der Waals surface area contributed by atoms with Crippen molar-refractivity contribution in [3.63, 3.8) is 0 Å². The fourth-order valence-corrected chi connectivity index (χ4v) is 2.35. The smallest absolute Gasteiger partial charge is 0.227 e. The van der Waals surface area contributed by atoms with Crippen LogP contribution in [0.3, 0.4) is 0 Å². The van der Waals surface area contributed by atoms with Gasteiger partial charge in [-0.15, -0.1) is 0 Å². The van der Waals surface area contributed by atoms with E-state index >= 15 is 0 Å². The van der Waals surface area contributed by atoms with Crippen molar-refractivity contribution in [1.82, 2.24) is 4.98 Å². The van der Waals surface area contributed by atoms with Gasteiger partial charge in [0.25, 0.3) is 0 Å². The molecule has 0 aliphatic carbocycles. The molecule has 0 N–H and O–H groups in total. The van der Waals surface area contributed by atoms with Crippen LogP contribution < -0.4 is 10.2 Å². The van der Waals surface area contributed by atoms with Gasteiger partial charge in [0.15, 0.2) is 0 Å². The number of hydrogen-bond donors (Lipinski definition) is 0. The van der Waals surface area contributed by atoms with Gasteiger partial charge in [0, 0.05) is 23.5 Å². The van der Waals surface area contributed by atoms with E-state index < -0.39 is 0 Å². The highest BCUT2D eigenvalue weighted by Crippen LogP contribution is 2.30. The van der Waals surface area contributed by atoms with Gasteiger partial charge in [-0.2, -0.15) is 0 Å². The van der Waals surface area contributed by atoms with Gasteiger partial charge in [0.05, 0.1) is 5.02 Å². The molecule has 0 fully saturated rings. The van der Waals surface area contributed by atoms with Crippen molar-refractivity contribution in [1.29, 1.82) is 0 Å². The molecule has 3 rings (SSSR count). The molecule has 4 nitrogen and oxygen atoms in total. The fourth-order valence-electron chi connectivity index (χ4n) is 1.91. The Labute approximate surface area is 147 Å². The van der Waals surface area contributed by atoms with E-state index in [0.29, 0.717) is 21.6 Å². The lowest BCUT2D eigenvalue weighted by Crippen LogP contribution is -2.03. The Balaban J connectivity index is 1.80. The monoisotopic (exact) mass is 359 g/mol. The lowest BCUT2D eigenvalue weighted by Gasteiger charge is -2.06. The van der Waals surface area contributed by atoms with E-state index in [1.165, 1.54) is 18.4 Å². The Kier molecular flexibility index (Phi) is 4.99. The van der Waals surface area contributed by atoms with Gasteiger partial charge in [-0.3, -0.25) is 9.78 Å². The molecule has 120 valence electrons. The molecule has 2 heterocycles. The van der Waals surface area contributed by atoms with Gasteiger partial charge < -0.3 is 9.15 Å². The van der Waals surface area contributed by atoms with Gasteiger partial charge in [-0.1, -0.05) is 29.3 Å². The summed E-state index contributed by atoms with van der Waals surface area (Å²) in [6.07, 6.45) is 8.11. The van der Waals surface area contributed by atoms with Crippen LogP contribution in [0, 0.1) is 0 Å². The predicted octanol–water partition coefficient (Wildman–Crippen LogP) is 5.30. The number of nitrogens with zero attached hydrogens (tertiary/aromatic N) is 1. The SMILES string of the molecule is O=c1cc(/C=C/c2cccnc2)occ1Oc1ccc(Cl)cc1Cl. The summed E-state index contributed by atoms with van der Waals surface area (Å²) in [5.74, 6) is 0.767. The Morgan fingerprint density at radius 1 is 1.08 bits per heavy atom. The number of halogens is 2. The highest BCUT2D eigenvalue weighted by molar-refractivity contribution is 6.35. The Morgan fingerprint density at radius 3 is 2.67 bits per heavy atom. The summed E-state index contributed by atoms with van der Waals surface area (Å²) in [4.78, 5) is 16.1. The predicted molar refractivity (Wildman–Crippen MR) is 94.7 cm³/mol. The van der Waals surface area contributed by atoms with Crippen LogP contribution in [0.4, 0.5) is 0 Å². The molecule has 6 heteroatoms. The highest BCUT2D eigenvalue weighted by atomic mass is 35.5. The molecule has 0 unspecified atom stereocenters. The van der Waals surface area contributed by atoms with Crippen LogP contribution in [0.2, 0.25) is 10.0 Å². The van der Waals surface area contributed by atoms with Gasteiger partial charge in [0.1, 0.15) is 17.8 Å². The molecule has 0 amide bonds. The second-order valence-corrected chi connectivity index (χ2v) is 5.65. The number of hydrogen-bond acceptors (Lipinski definition) is 4. The van der Waals surface area contributed by atoms with E-state index in [0.717, 1.165) is 5.56 Å². The largest absolute Gasteiger partial charge is 0.461 e. The van der Waals surface area contributed by atoms with Crippen LogP contribution in [0.1, 0.15) is 11.3 Å². The third-order valence-corrected chi connectivity index (χ3v) is 3.59. The van der Waals surface area contributed by atoms with E-state index in [-0.39, 0.29) is 11.2 Å². The fraction of sp³-hybridized carbons (Fsp3) is 0. The van der Waals surface area contributed by atoms with Crippen molar-refractivity contribution in [2.24, 2.45) is 0 Å². The topological polar surface area (TPSA) is 52.3 Å². The first-order valence-corrected chi connectivity index (χ1v) is 7.71. The summed E-state index contributed by atoms with van der Waals surface area (Å²) in [5, 5.41) is 0.790. The van der Waals surface area contributed by atoms with Gasteiger partial charge in [-0.25, -0.2) is 0 Å². The van der Waals surface area contributed by atoms with Crippen molar-refractivity contribution in [2.75, 3.05) is 0 Å². The van der Waals surface area contributed by atoms with Crippen molar-refractivity contribution in [3.05, 3.63) is 86.6 Å². The Hall–Kier alpha value is -2.56. The van der Waals surface area contributed by atoms with Gasteiger partial charge in [0.2, 0.25) is 11.2 Å². The maximum absolute atomic E-state index is 12.1. The highest BCUT2D eigenvalue weighted by Gasteiger charge is 2.08. The Bertz CT molecular complexity index is 936. The molecule has 0 aliphatic heterocycles. The van der Waals surface area contributed by atoms with Crippen LogP contribution in [-0.4, -0.2) is 4.98 Å².